The lowest BCUT2D eigenvalue weighted by atomic mass is 10.1. The molecule has 0 aliphatic heterocycles. The van der Waals surface area contributed by atoms with E-state index in [1.165, 1.54) is 6.07 Å². The number of nitrogens with two attached hydrogens (primary N) is 1. The van der Waals surface area contributed by atoms with Crippen molar-refractivity contribution in [2.75, 3.05) is 6.54 Å². The van der Waals surface area contributed by atoms with Crippen LogP contribution in [0.15, 0.2) is 18.2 Å². The van der Waals surface area contributed by atoms with Crippen LogP contribution in [-0.2, 0) is 0 Å². The Morgan fingerprint density at radius 3 is 2.87 bits per heavy atom. The van der Waals surface area contributed by atoms with Crippen LogP contribution in [0.2, 0.25) is 0 Å². The minimum atomic E-state index is -0.417. The Labute approximate surface area is 88.2 Å². The first kappa shape index (κ1) is 11.2. The highest BCUT2D eigenvalue weighted by molar-refractivity contribution is 5.52. The van der Waals surface area contributed by atoms with E-state index < -0.39 is 4.92 Å². The molecule has 0 amide bonds. The molecular weight excluding hydrogens is 192 g/mol. The molecule has 4 nitrogen and oxygen atoms in total. The van der Waals surface area contributed by atoms with Gasteiger partial charge in [-0.3, -0.25) is 10.1 Å². The third-order valence-electron chi connectivity index (χ3n) is 1.84. The van der Waals surface area contributed by atoms with Crippen LogP contribution in [0.5, 0.6) is 0 Å². The van der Waals surface area contributed by atoms with Crippen molar-refractivity contribution < 1.29 is 4.92 Å². The van der Waals surface area contributed by atoms with Crippen LogP contribution in [0, 0.1) is 28.9 Å². The van der Waals surface area contributed by atoms with E-state index in [1.54, 1.807) is 12.1 Å². The zero-order chi connectivity index (χ0) is 11.3. The molecule has 0 aliphatic carbocycles. The average Bonchev–Trinajstić information content (AvgIpc) is 2.20. The fourth-order valence-electron chi connectivity index (χ4n) is 1.13. The summed E-state index contributed by atoms with van der Waals surface area (Å²) in [7, 11) is 0. The molecule has 0 spiro atoms. The quantitative estimate of drug-likeness (QED) is 0.452. The van der Waals surface area contributed by atoms with E-state index in [0.717, 1.165) is 5.56 Å². The third kappa shape index (κ3) is 3.08. The highest BCUT2D eigenvalue weighted by atomic mass is 16.6. The van der Waals surface area contributed by atoms with Gasteiger partial charge in [-0.2, -0.15) is 0 Å². The van der Waals surface area contributed by atoms with Crippen molar-refractivity contribution >= 4 is 5.69 Å². The molecule has 0 atom stereocenters. The molecule has 15 heavy (non-hydrogen) atoms. The van der Waals surface area contributed by atoms with Crippen molar-refractivity contribution in [3.8, 4) is 11.8 Å². The van der Waals surface area contributed by atoms with Crippen LogP contribution in [0.4, 0.5) is 5.69 Å². The Morgan fingerprint density at radius 2 is 2.27 bits per heavy atom. The molecule has 4 heteroatoms. The van der Waals surface area contributed by atoms with Crippen LogP contribution in [-0.4, -0.2) is 11.5 Å². The molecule has 0 fully saturated rings. The van der Waals surface area contributed by atoms with Crippen molar-refractivity contribution in [2.45, 2.75) is 13.3 Å². The Kier molecular flexibility index (Phi) is 3.83. The van der Waals surface area contributed by atoms with Gasteiger partial charge in [-0.25, -0.2) is 0 Å². The van der Waals surface area contributed by atoms with Crippen LogP contribution in [0.3, 0.4) is 0 Å². The molecule has 0 radical (unpaired) electrons. The highest BCUT2D eigenvalue weighted by Crippen LogP contribution is 2.18. The normalized spacial score (nSPS) is 9.20. The van der Waals surface area contributed by atoms with Crippen LogP contribution < -0.4 is 5.73 Å². The lowest BCUT2D eigenvalue weighted by Gasteiger charge is -1.96. The van der Waals surface area contributed by atoms with Crippen molar-refractivity contribution in [3.05, 3.63) is 39.4 Å². The minimum Gasteiger partial charge on any atom is -0.330 e. The summed E-state index contributed by atoms with van der Waals surface area (Å²) in [6, 6.07) is 4.99. The molecule has 0 bridgehead atoms. The molecular formula is C11H12N2O2. The molecule has 78 valence electrons. The summed E-state index contributed by atoms with van der Waals surface area (Å²) in [5.41, 5.74) is 6.63. The molecule has 0 aromatic heterocycles. The maximum absolute atomic E-state index is 10.7. The van der Waals surface area contributed by atoms with E-state index >= 15 is 0 Å². The lowest BCUT2D eigenvalue weighted by molar-refractivity contribution is -0.385. The average molecular weight is 204 g/mol. The van der Waals surface area contributed by atoms with E-state index in [1.807, 2.05) is 6.92 Å². The molecule has 2 N–H and O–H groups in total. The van der Waals surface area contributed by atoms with Crippen molar-refractivity contribution in [1.82, 2.24) is 0 Å². The van der Waals surface area contributed by atoms with Gasteiger partial charge >= 0.3 is 0 Å². The monoisotopic (exact) mass is 204 g/mol. The first-order valence-electron chi connectivity index (χ1n) is 4.59. The van der Waals surface area contributed by atoms with Crippen LogP contribution in [0.25, 0.3) is 0 Å². The fourth-order valence-corrected chi connectivity index (χ4v) is 1.13. The zero-order valence-electron chi connectivity index (χ0n) is 8.49. The maximum Gasteiger partial charge on any atom is 0.285 e. The number of benzene rings is 1. The number of aryl methyl sites for hydroxylation is 1. The molecule has 0 unspecified atom stereocenters. The predicted molar refractivity (Wildman–Crippen MR) is 58.4 cm³/mol. The van der Waals surface area contributed by atoms with Crippen LogP contribution >= 0.6 is 0 Å². The first-order valence-corrected chi connectivity index (χ1v) is 4.59. The SMILES string of the molecule is Cc1ccc(C#CCCN)c([N+](=O)[O-])c1. The Morgan fingerprint density at radius 1 is 1.53 bits per heavy atom. The van der Waals surface area contributed by atoms with Crippen molar-refractivity contribution in [1.29, 1.82) is 0 Å². The van der Waals surface area contributed by atoms with Gasteiger partial charge in [0, 0.05) is 19.0 Å². The molecule has 0 saturated carbocycles. The van der Waals surface area contributed by atoms with Gasteiger partial charge in [-0.15, -0.1) is 0 Å². The maximum atomic E-state index is 10.7. The molecule has 1 aromatic rings. The number of nitrogens with zero attached hydrogens (tertiary/aromatic N) is 1. The lowest BCUT2D eigenvalue weighted by Crippen LogP contribution is -1.96. The van der Waals surface area contributed by atoms with Gasteiger partial charge in [0.1, 0.15) is 5.56 Å². The number of hydrogen-bond donors (Lipinski definition) is 1. The summed E-state index contributed by atoms with van der Waals surface area (Å²) in [6.07, 6.45) is 0.547. The van der Waals surface area contributed by atoms with E-state index in [-0.39, 0.29) is 5.69 Å². The molecule has 0 heterocycles. The van der Waals surface area contributed by atoms with Gasteiger partial charge < -0.3 is 5.73 Å². The zero-order valence-corrected chi connectivity index (χ0v) is 8.49. The number of rotatable bonds is 2. The number of nitro benzene ring substituents is 1. The van der Waals surface area contributed by atoms with E-state index in [4.69, 9.17) is 5.73 Å². The summed E-state index contributed by atoms with van der Waals surface area (Å²) >= 11 is 0. The second-order valence-corrected chi connectivity index (χ2v) is 3.12. The topological polar surface area (TPSA) is 69.2 Å². The Bertz CT molecular complexity index is 430. The molecule has 0 saturated heterocycles. The number of hydrogen-bond acceptors (Lipinski definition) is 3. The van der Waals surface area contributed by atoms with Gasteiger partial charge in [0.15, 0.2) is 0 Å². The summed E-state index contributed by atoms with van der Waals surface area (Å²) in [4.78, 5) is 10.3. The third-order valence-corrected chi connectivity index (χ3v) is 1.84. The van der Waals surface area contributed by atoms with Gasteiger partial charge in [-0.1, -0.05) is 17.9 Å². The summed E-state index contributed by atoms with van der Waals surface area (Å²) in [5.74, 6) is 5.54. The molecule has 1 aromatic carbocycles. The van der Waals surface area contributed by atoms with Gasteiger partial charge in [0.2, 0.25) is 0 Å². The number of nitro groups is 1. The van der Waals surface area contributed by atoms with Gasteiger partial charge in [0.05, 0.1) is 4.92 Å². The highest BCUT2D eigenvalue weighted by Gasteiger charge is 2.11. The minimum absolute atomic E-state index is 0.0551. The predicted octanol–water partition coefficient (Wildman–Crippen LogP) is 1.60. The van der Waals surface area contributed by atoms with Crippen molar-refractivity contribution in [3.63, 3.8) is 0 Å². The van der Waals surface area contributed by atoms with Crippen LogP contribution in [0.1, 0.15) is 17.5 Å². The Balaban J connectivity index is 3.08. The molecule has 1 rings (SSSR count). The summed E-state index contributed by atoms with van der Waals surface area (Å²) in [6.45, 7) is 2.27. The molecule has 0 aliphatic rings. The van der Waals surface area contributed by atoms with Crippen molar-refractivity contribution in [2.24, 2.45) is 5.73 Å². The Hall–Kier alpha value is -1.86. The summed E-state index contributed by atoms with van der Waals surface area (Å²) in [5, 5.41) is 10.7. The fraction of sp³-hybridized carbons (Fsp3) is 0.273. The van der Waals surface area contributed by atoms with E-state index in [0.29, 0.717) is 18.5 Å². The van der Waals surface area contributed by atoms with Gasteiger partial charge in [-0.05, 0) is 18.6 Å². The van der Waals surface area contributed by atoms with E-state index in [9.17, 15) is 10.1 Å². The largest absolute Gasteiger partial charge is 0.330 e. The standard InChI is InChI=1S/C11H12N2O2/c1-9-5-6-10(4-2-3-7-12)11(8-9)13(14)15/h5-6,8H,3,7,12H2,1H3. The smallest absolute Gasteiger partial charge is 0.285 e. The second-order valence-electron chi connectivity index (χ2n) is 3.12. The van der Waals surface area contributed by atoms with E-state index in [2.05, 4.69) is 11.8 Å². The first-order chi connectivity index (χ1) is 7.15. The van der Waals surface area contributed by atoms with Gasteiger partial charge in [0.25, 0.3) is 5.69 Å². The summed E-state index contributed by atoms with van der Waals surface area (Å²) < 4.78 is 0. The second kappa shape index (κ2) is 5.13.